The molecule has 1 amide bonds. The molecule has 1 atom stereocenters. The van der Waals surface area contributed by atoms with Gasteiger partial charge in [0.15, 0.2) is 0 Å². The topological polar surface area (TPSA) is 84.9 Å². The van der Waals surface area contributed by atoms with Crippen LogP contribution in [0.3, 0.4) is 0 Å². The molecule has 7 nitrogen and oxygen atoms in total. The second kappa shape index (κ2) is 9.28. The summed E-state index contributed by atoms with van der Waals surface area (Å²) in [5.41, 5.74) is 0.404. The molecule has 156 valence electrons. The van der Waals surface area contributed by atoms with Crippen molar-refractivity contribution in [3.63, 3.8) is 0 Å². The molecule has 2 aromatic rings. The number of benzene rings is 2. The van der Waals surface area contributed by atoms with Crippen LogP contribution >= 0.6 is 0 Å². The van der Waals surface area contributed by atoms with E-state index in [1.54, 1.807) is 31.4 Å². The van der Waals surface area contributed by atoms with Crippen molar-refractivity contribution in [2.45, 2.75) is 30.7 Å². The molecule has 1 N–H and O–H groups in total. The number of sulfonamides is 1. The predicted molar refractivity (Wildman–Crippen MR) is 110 cm³/mol. The van der Waals surface area contributed by atoms with Crippen LogP contribution in [0.2, 0.25) is 0 Å². The van der Waals surface area contributed by atoms with Crippen LogP contribution in [-0.4, -0.2) is 51.5 Å². The summed E-state index contributed by atoms with van der Waals surface area (Å²) in [6, 6.07) is 13.0. The standard InChI is InChI=1S/C21H26N2O5S/c1-16(15-28-19-9-7-18(27-2)8-10-19)22-21(24)17-5-11-20(12-6-17)29(25,26)23-13-3-4-14-23/h5-12,16H,3-4,13-15H2,1-2H3,(H,22,24)/t16-/m1/s1. The molecule has 1 aliphatic heterocycles. The van der Waals surface area contributed by atoms with Gasteiger partial charge in [0.25, 0.3) is 5.91 Å². The van der Waals surface area contributed by atoms with Gasteiger partial charge in [-0.3, -0.25) is 4.79 Å². The van der Waals surface area contributed by atoms with E-state index in [1.807, 2.05) is 6.92 Å². The summed E-state index contributed by atoms with van der Waals surface area (Å²) in [6.07, 6.45) is 1.77. The van der Waals surface area contributed by atoms with Crippen LogP contribution in [0, 0.1) is 0 Å². The molecular weight excluding hydrogens is 392 g/mol. The quantitative estimate of drug-likeness (QED) is 0.712. The lowest BCUT2D eigenvalue weighted by Crippen LogP contribution is -2.36. The van der Waals surface area contributed by atoms with Gasteiger partial charge in [0, 0.05) is 18.7 Å². The van der Waals surface area contributed by atoms with Crippen molar-refractivity contribution in [2.75, 3.05) is 26.8 Å². The maximum Gasteiger partial charge on any atom is 0.251 e. The Hall–Kier alpha value is -2.58. The highest BCUT2D eigenvalue weighted by Gasteiger charge is 2.27. The summed E-state index contributed by atoms with van der Waals surface area (Å²) in [5.74, 6) is 1.15. The fourth-order valence-electron chi connectivity index (χ4n) is 3.10. The van der Waals surface area contributed by atoms with Crippen molar-refractivity contribution in [1.29, 1.82) is 0 Å². The highest BCUT2D eigenvalue weighted by molar-refractivity contribution is 7.89. The van der Waals surface area contributed by atoms with Gasteiger partial charge in [0.05, 0.1) is 18.0 Å². The van der Waals surface area contributed by atoms with Gasteiger partial charge in [-0.2, -0.15) is 4.31 Å². The maximum absolute atomic E-state index is 12.6. The van der Waals surface area contributed by atoms with E-state index in [0.29, 0.717) is 31.0 Å². The van der Waals surface area contributed by atoms with E-state index < -0.39 is 10.0 Å². The Labute approximate surface area is 171 Å². The van der Waals surface area contributed by atoms with E-state index in [0.717, 1.165) is 18.6 Å². The second-order valence-electron chi connectivity index (χ2n) is 7.00. The number of ether oxygens (including phenoxy) is 2. The largest absolute Gasteiger partial charge is 0.497 e. The van der Waals surface area contributed by atoms with Gasteiger partial charge in [-0.15, -0.1) is 0 Å². The van der Waals surface area contributed by atoms with E-state index >= 15 is 0 Å². The first-order valence-corrected chi connectivity index (χ1v) is 11.0. The Kier molecular flexibility index (Phi) is 6.76. The van der Waals surface area contributed by atoms with Crippen molar-refractivity contribution < 1.29 is 22.7 Å². The van der Waals surface area contributed by atoms with Gasteiger partial charge in [-0.05, 0) is 68.3 Å². The Bertz CT molecular complexity index is 921. The Morgan fingerprint density at radius 2 is 1.62 bits per heavy atom. The normalized spacial score (nSPS) is 15.7. The molecule has 0 aliphatic carbocycles. The van der Waals surface area contributed by atoms with Gasteiger partial charge in [-0.25, -0.2) is 8.42 Å². The lowest BCUT2D eigenvalue weighted by atomic mass is 10.2. The summed E-state index contributed by atoms with van der Waals surface area (Å²) >= 11 is 0. The molecule has 0 bridgehead atoms. The lowest BCUT2D eigenvalue weighted by Gasteiger charge is -2.17. The summed E-state index contributed by atoms with van der Waals surface area (Å²) in [6.45, 7) is 3.25. The molecule has 3 rings (SSSR count). The third-order valence-corrected chi connectivity index (χ3v) is 6.67. The molecule has 1 fully saturated rings. The van der Waals surface area contributed by atoms with E-state index in [9.17, 15) is 13.2 Å². The Balaban J connectivity index is 1.54. The molecule has 2 aromatic carbocycles. The highest BCUT2D eigenvalue weighted by atomic mass is 32.2. The van der Waals surface area contributed by atoms with Gasteiger partial charge >= 0.3 is 0 Å². The summed E-state index contributed by atoms with van der Waals surface area (Å²) in [5, 5.41) is 2.85. The molecule has 0 aromatic heterocycles. The van der Waals surface area contributed by atoms with Crippen LogP contribution in [0.4, 0.5) is 0 Å². The number of hydrogen-bond donors (Lipinski definition) is 1. The number of carbonyl (C=O) groups excluding carboxylic acids is 1. The van der Waals surface area contributed by atoms with E-state index in [-0.39, 0.29) is 16.8 Å². The molecule has 1 aliphatic rings. The molecule has 1 saturated heterocycles. The van der Waals surface area contributed by atoms with Crippen LogP contribution in [0.1, 0.15) is 30.1 Å². The van der Waals surface area contributed by atoms with E-state index in [1.165, 1.54) is 28.6 Å². The molecular formula is C21H26N2O5S. The van der Waals surface area contributed by atoms with E-state index in [2.05, 4.69) is 5.32 Å². The van der Waals surface area contributed by atoms with Crippen LogP contribution < -0.4 is 14.8 Å². The molecule has 0 spiro atoms. The number of methoxy groups -OCH3 is 1. The van der Waals surface area contributed by atoms with Crippen molar-refractivity contribution in [3.05, 3.63) is 54.1 Å². The zero-order chi connectivity index (χ0) is 20.9. The Morgan fingerprint density at radius 1 is 1.03 bits per heavy atom. The summed E-state index contributed by atoms with van der Waals surface area (Å²) in [4.78, 5) is 12.6. The van der Waals surface area contributed by atoms with Crippen molar-refractivity contribution in [1.82, 2.24) is 9.62 Å². The molecule has 29 heavy (non-hydrogen) atoms. The zero-order valence-electron chi connectivity index (χ0n) is 16.6. The first-order chi connectivity index (χ1) is 13.9. The van der Waals surface area contributed by atoms with Crippen molar-refractivity contribution in [3.8, 4) is 11.5 Å². The number of hydrogen-bond acceptors (Lipinski definition) is 5. The second-order valence-corrected chi connectivity index (χ2v) is 8.93. The number of amides is 1. The minimum Gasteiger partial charge on any atom is -0.497 e. The first kappa shape index (κ1) is 21.1. The number of carbonyl (C=O) groups is 1. The van der Waals surface area contributed by atoms with Gasteiger partial charge < -0.3 is 14.8 Å². The molecule has 1 heterocycles. The van der Waals surface area contributed by atoms with E-state index in [4.69, 9.17) is 9.47 Å². The molecule has 8 heteroatoms. The highest BCUT2D eigenvalue weighted by Crippen LogP contribution is 2.21. The fourth-order valence-corrected chi connectivity index (χ4v) is 4.61. The van der Waals surface area contributed by atoms with Crippen LogP contribution in [0.5, 0.6) is 11.5 Å². The summed E-state index contributed by atoms with van der Waals surface area (Å²) in [7, 11) is -1.88. The zero-order valence-corrected chi connectivity index (χ0v) is 17.4. The molecule has 0 radical (unpaired) electrons. The Morgan fingerprint density at radius 3 is 2.21 bits per heavy atom. The van der Waals surface area contributed by atoms with Crippen molar-refractivity contribution >= 4 is 15.9 Å². The number of nitrogens with zero attached hydrogens (tertiary/aromatic N) is 1. The van der Waals surface area contributed by atoms with Crippen molar-refractivity contribution in [2.24, 2.45) is 0 Å². The third-order valence-electron chi connectivity index (χ3n) is 4.76. The monoisotopic (exact) mass is 418 g/mol. The summed E-state index contributed by atoms with van der Waals surface area (Å²) < 4.78 is 37.4. The molecule has 0 unspecified atom stereocenters. The van der Waals surface area contributed by atoms with Crippen LogP contribution in [0.15, 0.2) is 53.4 Å². The lowest BCUT2D eigenvalue weighted by molar-refractivity contribution is 0.0926. The maximum atomic E-state index is 12.6. The molecule has 0 saturated carbocycles. The van der Waals surface area contributed by atoms with Crippen LogP contribution in [0.25, 0.3) is 0 Å². The third kappa shape index (κ3) is 5.27. The average molecular weight is 419 g/mol. The minimum absolute atomic E-state index is 0.215. The van der Waals surface area contributed by atoms with Crippen LogP contribution in [-0.2, 0) is 10.0 Å². The number of rotatable bonds is 8. The van der Waals surface area contributed by atoms with Gasteiger partial charge in [-0.1, -0.05) is 0 Å². The minimum atomic E-state index is -3.48. The number of nitrogens with one attached hydrogen (secondary N) is 1. The predicted octanol–water partition coefficient (Wildman–Crippen LogP) is 2.68. The average Bonchev–Trinajstić information content (AvgIpc) is 3.28. The van der Waals surface area contributed by atoms with Gasteiger partial charge in [0.1, 0.15) is 18.1 Å². The first-order valence-electron chi connectivity index (χ1n) is 9.58. The van der Waals surface area contributed by atoms with Gasteiger partial charge in [0.2, 0.25) is 10.0 Å². The SMILES string of the molecule is COc1ccc(OC[C@@H](C)NC(=O)c2ccc(S(=O)(=O)N3CCCC3)cc2)cc1. The smallest absolute Gasteiger partial charge is 0.251 e. The fraction of sp³-hybridized carbons (Fsp3) is 0.381.